The van der Waals surface area contributed by atoms with E-state index in [2.05, 4.69) is 5.01 Å². The van der Waals surface area contributed by atoms with Crippen molar-refractivity contribution in [2.75, 3.05) is 11.6 Å². The smallest absolute Gasteiger partial charge is 0.274 e. The number of hydrogen-bond donors (Lipinski definition) is 0. The van der Waals surface area contributed by atoms with E-state index in [4.69, 9.17) is 4.74 Å². The number of nitrogens with zero attached hydrogens (tertiary/aromatic N) is 3. The number of rotatable bonds is 1. The van der Waals surface area contributed by atoms with Gasteiger partial charge in [-0.25, -0.2) is 8.78 Å². The molecule has 9 heteroatoms. The van der Waals surface area contributed by atoms with Gasteiger partial charge in [-0.15, -0.1) is 11.8 Å². The molecule has 8 rings (SSSR count). The third-order valence-corrected chi connectivity index (χ3v) is 10.3. The molecule has 38 heavy (non-hydrogen) atoms. The molecule has 1 amide bonds. The Bertz CT molecular complexity index is 1580. The lowest BCUT2D eigenvalue weighted by Gasteiger charge is -2.57. The minimum absolute atomic E-state index is 0.0586. The summed E-state index contributed by atoms with van der Waals surface area (Å²) < 4.78 is 37.8. The van der Waals surface area contributed by atoms with Crippen LogP contribution in [0.4, 0.5) is 8.78 Å². The second-order valence-corrected chi connectivity index (χ2v) is 12.0. The van der Waals surface area contributed by atoms with E-state index in [9.17, 15) is 18.4 Å². The third-order valence-electron chi connectivity index (χ3n) is 9.18. The van der Waals surface area contributed by atoms with Crippen LogP contribution in [0, 0.1) is 17.6 Å². The van der Waals surface area contributed by atoms with Crippen LogP contribution in [0.2, 0.25) is 0 Å². The molecule has 5 aliphatic rings. The average molecular weight is 534 g/mol. The topological polar surface area (TPSA) is 54.8 Å². The standard InChI is InChI=1S/C29H25F2N3O3S/c30-22-11-16-15-38-25-4-2-1-3-19(25)26(20(16)14-23(22)31)34-27-21-13-18-5-7-29(21,37-18)8-10-32(27)28(36)24-12-17(35)6-9-33(24)34/h1-4,6,9,11-12,14,18,21,26-27H,5,7-8,10,13,15H2/t18-,21+,26-,27+,29-/m0/s1. The molecule has 1 aromatic heterocycles. The Kier molecular flexibility index (Phi) is 4.75. The molecule has 0 radical (unpaired) electrons. The maximum Gasteiger partial charge on any atom is 0.274 e. The zero-order chi connectivity index (χ0) is 25.8. The number of piperidine rings is 1. The van der Waals surface area contributed by atoms with Crippen molar-refractivity contribution in [1.29, 1.82) is 0 Å². The molecular formula is C29H25F2N3O3S. The van der Waals surface area contributed by atoms with Crippen molar-refractivity contribution >= 4 is 17.7 Å². The van der Waals surface area contributed by atoms with Gasteiger partial charge in [0, 0.05) is 41.4 Å². The second-order valence-electron chi connectivity index (χ2n) is 11.0. The molecule has 5 aliphatic heterocycles. The second kappa shape index (κ2) is 7.93. The van der Waals surface area contributed by atoms with Crippen molar-refractivity contribution in [3.05, 3.63) is 99.0 Å². The number of hydrogen-bond acceptors (Lipinski definition) is 5. The molecule has 0 aliphatic carbocycles. The van der Waals surface area contributed by atoms with Crippen LogP contribution >= 0.6 is 11.8 Å². The van der Waals surface area contributed by atoms with E-state index in [1.165, 1.54) is 24.3 Å². The molecule has 3 saturated heterocycles. The SMILES string of the molecule is O=C1c2cc(=O)ccn2N([C@@H]2c3cc(F)c(F)cc3CSc3ccccc32)[C@@H]2[C@H]3C[C@@H]4CC[C@@]3(CCN12)O4. The summed E-state index contributed by atoms with van der Waals surface area (Å²) in [7, 11) is 0. The highest BCUT2D eigenvalue weighted by atomic mass is 32.2. The van der Waals surface area contributed by atoms with Gasteiger partial charge in [0.15, 0.2) is 17.1 Å². The minimum atomic E-state index is -0.897. The Morgan fingerprint density at radius 3 is 2.71 bits per heavy atom. The Morgan fingerprint density at radius 2 is 1.84 bits per heavy atom. The highest BCUT2D eigenvalue weighted by molar-refractivity contribution is 7.98. The summed E-state index contributed by atoms with van der Waals surface area (Å²) in [4.78, 5) is 29.2. The predicted molar refractivity (Wildman–Crippen MR) is 138 cm³/mol. The van der Waals surface area contributed by atoms with E-state index < -0.39 is 17.7 Å². The van der Waals surface area contributed by atoms with Gasteiger partial charge in [0.1, 0.15) is 11.9 Å². The first-order chi connectivity index (χ1) is 18.4. The van der Waals surface area contributed by atoms with Crippen molar-refractivity contribution in [2.45, 2.75) is 60.2 Å². The number of pyridine rings is 1. The van der Waals surface area contributed by atoms with Crippen molar-refractivity contribution < 1.29 is 18.3 Å². The molecule has 3 fully saturated rings. The fourth-order valence-electron chi connectivity index (χ4n) is 7.58. The number of aromatic nitrogens is 1. The number of thioether (sulfide) groups is 1. The molecule has 0 saturated carbocycles. The first-order valence-electron chi connectivity index (χ1n) is 13.1. The van der Waals surface area contributed by atoms with Gasteiger partial charge in [0.05, 0.1) is 17.7 Å². The molecule has 2 aromatic carbocycles. The van der Waals surface area contributed by atoms with Gasteiger partial charge >= 0.3 is 0 Å². The molecule has 6 heterocycles. The van der Waals surface area contributed by atoms with Crippen molar-refractivity contribution in [2.24, 2.45) is 5.92 Å². The number of benzene rings is 2. The first-order valence-corrected chi connectivity index (χ1v) is 14.1. The van der Waals surface area contributed by atoms with Crippen LogP contribution in [0.5, 0.6) is 0 Å². The summed E-state index contributed by atoms with van der Waals surface area (Å²) in [6, 6.07) is 12.9. The van der Waals surface area contributed by atoms with Crippen LogP contribution in [0.25, 0.3) is 0 Å². The molecule has 5 atom stereocenters. The monoisotopic (exact) mass is 533 g/mol. The van der Waals surface area contributed by atoms with Crippen molar-refractivity contribution in [1.82, 2.24) is 9.58 Å². The quantitative estimate of drug-likeness (QED) is 0.458. The predicted octanol–water partition coefficient (Wildman–Crippen LogP) is 4.58. The van der Waals surface area contributed by atoms with Crippen LogP contribution < -0.4 is 10.4 Å². The number of amides is 1. The molecular weight excluding hydrogens is 508 g/mol. The normalized spacial score (nSPS) is 30.7. The van der Waals surface area contributed by atoms with E-state index >= 15 is 0 Å². The summed E-state index contributed by atoms with van der Waals surface area (Å²) in [5.74, 6) is -1.39. The highest BCUT2D eigenvalue weighted by Gasteiger charge is 2.63. The number of halogens is 2. The van der Waals surface area contributed by atoms with Crippen LogP contribution in [0.3, 0.4) is 0 Å². The molecule has 3 aromatic rings. The number of ether oxygens (including phenoxy) is 1. The maximum atomic E-state index is 14.9. The van der Waals surface area contributed by atoms with Crippen LogP contribution in [0.15, 0.2) is 64.4 Å². The fraction of sp³-hybridized carbons (Fsp3) is 0.379. The van der Waals surface area contributed by atoms with Gasteiger partial charge in [0.25, 0.3) is 5.91 Å². The molecule has 0 N–H and O–H groups in total. The van der Waals surface area contributed by atoms with E-state index in [0.29, 0.717) is 17.9 Å². The Morgan fingerprint density at radius 1 is 1.00 bits per heavy atom. The Hall–Kier alpha value is -3.17. The number of carbonyl (C=O) groups excluding carboxylic acids is 1. The van der Waals surface area contributed by atoms with Gasteiger partial charge in [-0.05, 0) is 60.6 Å². The largest absolute Gasteiger partial charge is 0.371 e. The zero-order valence-electron chi connectivity index (χ0n) is 20.5. The van der Waals surface area contributed by atoms with E-state index in [1.807, 2.05) is 29.2 Å². The number of carbonyl (C=O) groups is 1. The van der Waals surface area contributed by atoms with Gasteiger partial charge in [-0.2, -0.15) is 0 Å². The summed E-state index contributed by atoms with van der Waals surface area (Å²) in [6.07, 6.45) is 5.04. The van der Waals surface area contributed by atoms with E-state index in [1.54, 1.807) is 22.6 Å². The Labute approximate surface area is 222 Å². The van der Waals surface area contributed by atoms with Gasteiger partial charge in [-0.3, -0.25) is 19.3 Å². The molecule has 0 unspecified atom stereocenters. The molecule has 6 nitrogen and oxygen atoms in total. The van der Waals surface area contributed by atoms with Gasteiger partial charge in [-0.1, -0.05) is 18.2 Å². The lowest BCUT2D eigenvalue weighted by Crippen LogP contribution is -2.70. The van der Waals surface area contributed by atoms with E-state index in [0.717, 1.165) is 41.7 Å². The maximum absolute atomic E-state index is 14.9. The zero-order valence-corrected chi connectivity index (χ0v) is 21.3. The fourth-order valence-corrected chi connectivity index (χ4v) is 8.66. The molecule has 2 bridgehead atoms. The summed E-state index contributed by atoms with van der Waals surface area (Å²) in [5, 5.41) is 2.15. The van der Waals surface area contributed by atoms with Crippen molar-refractivity contribution in [3.63, 3.8) is 0 Å². The molecule has 1 spiro atoms. The van der Waals surface area contributed by atoms with E-state index in [-0.39, 0.29) is 40.8 Å². The summed E-state index contributed by atoms with van der Waals surface area (Å²) in [6.45, 7) is 0.514. The summed E-state index contributed by atoms with van der Waals surface area (Å²) >= 11 is 1.60. The Balaban J connectivity index is 1.42. The van der Waals surface area contributed by atoms with Crippen LogP contribution in [0.1, 0.15) is 58.9 Å². The lowest BCUT2D eigenvalue weighted by molar-refractivity contribution is -0.0755. The third kappa shape index (κ3) is 3.03. The molecule has 194 valence electrons. The highest BCUT2D eigenvalue weighted by Crippen LogP contribution is 2.56. The first kappa shape index (κ1) is 22.8. The minimum Gasteiger partial charge on any atom is -0.371 e. The van der Waals surface area contributed by atoms with Gasteiger partial charge < -0.3 is 9.64 Å². The van der Waals surface area contributed by atoms with Crippen LogP contribution in [-0.2, 0) is 10.5 Å². The summed E-state index contributed by atoms with van der Waals surface area (Å²) in [5.41, 5.74) is 2.10. The average Bonchev–Trinajstić information content (AvgIpc) is 3.46. The lowest BCUT2D eigenvalue weighted by atomic mass is 9.71. The van der Waals surface area contributed by atoms with Crippen molar-refractivity contribution in [3.8, 4) is 0 Å². The van der Waals surface area contributed by atoms with Crippen LogP contribution in [-0.4, -0.2) is 39.9 Å². The van der Waals surface area contributed by atoms with Gasteiger partial charge in [0.2, 0.25) is 0 Å². The number of fused-ring (bicyclic) bond motifs is 6.